The molecule has 0 saturated carbocycles. The number of hydrogen-bond donors (Lipinski definition) is 2. The van der Waals surface area contributed by atoms with E-state index >= 15 is 0 Å². The minimum Gasteiger partial charge on any atom is -0.479 e. The van der Waals surface area contributed by atoms with Crippen LogP contribution in [0.4, 0.5) is 21.6 Å². The van der Waals surface area contributed by atoms with Gasteiger partial charge in [0.2, 0.25) is 0 Å². The first-order valence-corrected chi connectivity index (χ1v) is 7.39. The summed E-state index contributed by atoms with van der Waals surface area (Å²) < 4.78 is 19.0. The lowest BCUT2D eigenvalue weighted by Gasteiger charge is -2.23. The van der Waals surface area contributed by atoms with Crippen LogP contribution in [0.3, 0.4) is 0 Å². The number of hydrogen-bond acceptors (Lipinski definition) is 5. The summed E-state index contributed by atoms with van der Waals surface area (Å²) in [5.74, 6) is 0.525. The summed E-state index contributed by atoms with van der Waals surface area (Å²) in [6.45, 7) is 1.69. The number of rotatable bonds is 2. The van der Waals surface area contributed by atoms with Crippen LogP contribution in [-0.2, 0) is 4.79 Å². The molecular weight excluding hydrogens is 311 g/mol. The lowest BCUT2D eigenvalue weighted by molar-refractivity contribution is -0.122. The molecule has 1 aliphatic heterocycles. The van der Waals surface area contributed by atoms with Gasteiger partial charge in [-0.15, -0.1) is 0 Å². The van der Waals surface area contributed by atoms with Gasteiger partial charge >= 0.3 is 0 Å². The van der Waals surface area contributed by atoms with Crippen molar-refractivity contribution in [2.45, 2.75) is 13.0 Å². The van der Waals surface area contributed by atoms with Crippen LogP contribution >= 0.6 is 0 Å². The normalized spacial score (nSPS) is 16.2. The number of benzene rings is 2. The Bertz CT molecular complexity index is 960. The van der Waals surface area contributed by atoms with Crippen molar-refractivity contribution in [1.82, 2.24) is 9.97 Å². The summed E-state index contributed by atoms with van der Waals surface area (Å²) in [6.07, 6.45) is 0.887. The number of fused-ring (bicyclic) bond motifs is 2. The number of nitrogens with zero attached hydrogens (tertiary/aromatic N) is 2. The molecule has 2 heterocycles. The van der Waals surface area contributed by atoms with Crippen molar-refractivity contribution < 1.29 is 13.9 Å². The van der Waals surface area contributed by atoms with Crippen LogP contribution < -0.4 is 15.4 Å². The maximum Gasteiger partial charge on any atom is 0.265 e. The van der Waals surface area contributed by atoms with Gasteiger partial charge in [-0.3, -0.25) is 4.79 Å². The molecule has 7 heteroatoms. The predicted molar refractivity (Wildman–Crippen MR) is 87.9 cm³/mol. The molecule has 1 aromatic heterocycles. The molecule has 3 aromatic rings. The van der Waals surface area contributed by atoms with E-state index < -0.39 is 6.10 Å². The molecule has 0 saturated heterocycles. The summed E-state index contributed by atoms with van der Waals surface area (Å²) in [6, 6.07) is 9.63. The number of aromatic nitrogens is 2. The molecule has 2 aromatic carbocycles. The average molecular weight is 324 g/mol. The smallest absolute Gasteiger partial charge is 0.265 e. The fourth-order valence-corrected chi connectivity index (χ4v) is 2.55. The summed E-state index contributed by atoms with van der Waals surface area (Å²) in [4.78, 5) is 20.0. The van der Waals surface area contributed by atoms with Crippen molar-refractivity contribution in [1.29, 1.82) is 0 Å². The van der Waals surface area contributed by atoms with Gasteiger partial charge in [0.25, 0.3) is 5.91 Å². The molecule has 4 rings (SSSR count). The topological polar surface area (TPSA) is 76.1 Å². The number of carbonyl (C=O) groups excluding carboxylic acids is 1. The first-order valence-electron chi connectivity index (χ1n) is 7.39. The number of amides is 1. The van der Waals surface area contributed by atoms with E-state index in [1.54, 1.807) is 31.2 Å². The Morgan fingerprint density at radius 2 is 2.08 bits per heavy atom. The fourth-order valence-electron chi connectivity index (χ4n) is 2.55. The Labute approximate surface area is 136 Å². The maximum atomic E-state index is 13.5. The van der Waals surface area contributed by atoms with Gasteiger partial charge in [0.15, 0.2) is 6.10 Å². The second-order valence-corrected chi connectivity index (χ2v) is 5.47. The average Bonchev–Trinajstić information content (AvgIpc) is 2.57. The molecule has 1 unspecified atom stereocenters. The molecule has 0 bridgehead atoms. The molecule has 24 heavy (non-hydrogen) atoms. The lowest BCUT2D eigenvalue weighted by Crippen LogP contribution is -2.34. The monoisotopic (exact) mass is 324 g/mol. The molecule has 0 aliphatic carbocycles. The van der Waals surface area contributed by atoms with Crippen molar-refractivity contribution in [3.63, 3.8) is 0 Å². The summed E-state index contributed by atoms with van der Waals surface area (Å²) in [7, 11) is 0. The molecule has 6 nitrogen and oxygen atoms in total. The zero-order valence-electron chi connectivity index (χ0n) is 12.7. The second kappa shape index (κ2) is 5.45. The molecule has 0 fully saturated rings. The van der Waals surface area contributed by atoms with Gasteiger partial charge in [0.05, 0.1) is 11.2 Å². The van der Waals surface area contributed by atoms with Gasteiger partial charge in [-0.1, -0.05) is 0 Å². The SMILES string of the molecule is CC1Oc2ccc(Nc3ncnc4ccc(F)cc34)cc2NC1=O. The molecule has 1 atom stereocenters. The first-order chi connectivity index (χ1) is 11.6. The van der Waals surface area contributed by atoms with Crippen LogP contribution in [0.15, 0.2) is 42.7 Å². The molecule has 1 amide bonds. The fraction of sp³-hybridized carbons (Fsp3) is 0.118. The molecule has 0 radical (unpaired) electrons. The molecular formula is C17H13FN4O2. The summed E-state index contributed by atoms with van der Waals surface area (Å²) >= 11 is 0. The Morgan fingerprint density at radius 3 is 2.96 bits per heavy atom. The molecule has 2 N–H and O–H groups in total. The summed E-state index contributed by atoms with van der Waals surface area (Å²) in [5, 5.41) is 6.48. The third kappa shape index (κ3) is 2.50. The highest BCUT2D eigenvalue weighted by Crippen LogP contribution is 2.33. The minimum atomic E-state index is -0.523. The van der Waals surface area contributed by atoms with Crippen LogP contribution in [0.1, 0.15) is 6.92 Å². The second-order valence-electron chi connectivity index (χ2n) is 5.47. The Morgan fingerprint density at radius 1 is 1.21 bits per heavy atom. The number of carbonyl (C=O) groups is 1. The zero-order valence-corrected chi connectivity index (χ0v) is 12.7. The van der Waals surface area contributed by atoms with Crippen LogP contribution in [0.5, 0.6) is 5.75 Å². The standard InChI is InChI=1S/C17H13FN4O2/c1-9-17(23)22-14-7-11(3-5-15(14)24-9)21-16-12-6-10(18)2-4-13(12)19-8-20-16/h2-9H,1H3,(H,22,23)(H,19,20,21). The van der Waals surface area contributed by atoms with E-state index in [0.29, 0.717) is 33.8 Å². The quantitative estimate of drug-likeness (QED) is 0.757. The third-order valence-electron chi connectivity index (χ3n) is 3.77. The third-order valence-corrected chi connectivity index (χ3v) is 3.77. The van der Waals surface area contributed by atoms with Crippen molar-refractivity contribution >= 4 is 34.0 Å². The van der Waals surface area contributed by atoms with E-state index in [1.807, 2.05) is 0 Å². The van der Waals surface area contributed by atoms with Gasteiger partial charge in [0, 0.05) is 11.1 Å². The van der Waals surface area contributed by atoms with E-state index in [2.05, 4.69) is 20.6 Å². The predicted octanol–water partition coefficient (Wildman–Crippen LogP) is 3.23. The zero-order chi connectivity index (χ0) is 16.7. The van der Waals surface area contributed by atoms with E-state index in [4.69, 9.17) is 4.74 Å². The van der Waals surface area contributed by atoms with Gasteiger partial charge in [-0.2, -0.15) is 0 Å². The van der Waals surface area contributed by atoms with E-state index in [0.717, 1.165) is 0 Å². The highest BCUT2D eigenvalue weighted by atomic mass is 19.1. The van der Waals surface area contributed by atoms with Crippen LogP contribution in [0.2, 0.25) is 0 Å². The number of nitrogens with one attached hydrogen (secondary N) is 2. The highest BCUT2D eigenvalue weighted by molar-refractivity contribution is 5.98. The van der Waals surface area contributed by atoms with Crippen molar-refractivity contribution in [2.75, 3.05) is 10.6 Å². The van der Waals surface area contributed by atoms with Crippen LogP contribution in [0, 0.1) is 5.82 Å². The maximum absolute atomic E-state index is 13.5. The molecule has 1 aliphatic rings. The van der Waals surface area contributed by atoms with E-state index in [9.17, 15) is 9.18 Å². The van der Waals surface area contributed by atoms with E-state index in [1.165, 1.54) is 18.5 Å². The Kier molecular flexibility index (Phi) is 3.26. The molecule has 120 valence electrons. The number of halogens is 1. The van der Waals surface area contributed by atoms with Crippen molar-refractivity contribution in [3.8, 4) is 5.75 Å². The van der Waals surface area contributed by atoms with Crippen molar-refractivity contribution in [2.24, 2.45) is 0 Å². The Hall–Kier alpha value is -3.22. The minimum absolute atomic E-state index is 0.200. The van der Waals surface area contributed by atoms with Crippen molar-refractivity contribution in [3.05, 3.63) is 48.5 Å². The summed E-state index contributed by atoms with van der Waals surface area (Å²) in [5.41, 5.74) is 1.90. The van der Waals surface area contributed by atoms with Crippen LogP contribution in [-0.4, -0.2) is 22.0 Å². The first kappa shape index (κ1) is 14.4. The lowest BCUT2D eigenvalue weighted by atomic mass is 10.2. The van der Waals surface area contributed by atoms with Gasteiger partial charge in [-0.05, 0) is 43.3 Å². The molecule has 0 spiro atoms. The largest absolute Gasteiger partial charge is 0.479 e. The highest BCUT2D eigenvalue weighted by Gasteiger charge is 2.23. The van der Waals surface area contributed by atoms with Gasteiger partial charge in [0.1, 0.15) is 23.7 Å². The number of ether oxygens (including phenoxy) is 1. The van der Waals surface area contributed by atoms with E-state index in [-0.39, 0.29) is 11.7 Å². The number of anilines is 3. The van der Waals surface area contributed by atoms with Crippen LogP contribution in [0.25, 0.3) is 10.9 Å². The van der Waals surface area contributed by atoms with Gasteiger partial charge < -0.3 is 15.4 Å². The Balaban J connectivity index is 1.71. The van der Waals surface area contributed by atoms with Gasteiger partial charge in [-0.25, -0.2) is 14.4 Å².